The average molecular weight is 476 g/mol. The topological polar surface area (TPSA) is 115 Å². The molecule has 0 aliphatic carbocycles. The van der Waals surface area contributed by atoms with E-state index in [1.807, 2.05) is 52.0 Å². The zero-order chi connectivity index (χ0) is 25.3. The Morgan fingerprint density at radius 3 is 2.49 bits per heavy atom. The second-order valence-corrected chi connectivity index (χ2v) is 9.00. The summed E-state index contributed by atoms with van der Waals surface area (Å²) in [6, 6.07) is 14.9. The zero-order valence-electron chi connectivity index (χ0n) is 19.8. The SMILES string of the molecule is CCc1c(NC(=O)c2cc3cc([N+](=O)[O-])ccc3o2)cc(N(C=O)OC(C)(C)C)c2ccccc12. The van der Waals surface area contributed by atoms with Crippen molar-refractivity contribution < 1.29 is 23.8 Å². The molecule has 3 aromatic carbocycles. The number of non-ortho nitro benzene ring substituents is 1. The van der Waals surface area contributed by atoms with Gasteiger partial charge >= 0.3 is 0 Å². The molecule has 9 nitrogen and oxygen atoms in total. The number of benzene rings is 3. The summed E-state index contributed by atoms with van der Waals surface area (Å²) >= 11 is 0. The van der Waals surface area contributed by atoms with Crippen molar-refractivity contribution in [3.8, 4) is 0 Å². The van der Waals surface area contributed by atoms with E-state index in [2.05, 4.69) is 5.32 Å². The molecule has 35 heavy (non-hydrogen) atoms. The van der Waals surface area contributed by atoms with Gasteiger partial charge in [-0.2, -0.15) is 5.06 Å². The number of nitrogens with zero attached hydrogens (tertiary/aromatic N) is 2. The molecule has 0 aliphatic rings. The molecular weight excluding hydrogens is 450 g/mol. The van der Waals surface area contributed by atoms with Gasteiger partial charge in [0.25, 0.3) is 11.6 Å². The molecule has 0 saturated heterocycles. The van der Waals surface area contributed by atoms with Gasteiger partial charge in [-0.25, -0.2) is 0 Å². The lowest BCUT2D eigenvalue weighted by molar-refractivity contribution is -0.384. The minimum Gasteiger partial charge on any atom is -0.451 e. The van der Waals surface area contributed by atoms with Crippen molar-refractivity contribution in [1.82, 2.24) is 0 Å². The number of nitro groups is 1. The van der Waals surface area contributed by atoms with Crippen molar-refractivity contribution in [2.24, 2.45) is 0 Å². The van der Waals surface area contributed by atoms with Crippen LogP contribution in [0, 0.1) is 10.1 Å². The highest BCUT2D eigenvalue weighted by Crippen LogP contribution is 2.36. The van der Waals surface area contributed by atoms with E-state index < -0.39 is 16.4 Å². The zero-order valence-corrected chi connectivity index (χ0v) is 19.8. The van der Waals surface area contributed by atoms with Gasteiger partial charge in [-0.15, -0.1) is 0 Å². The largest absolute Gasteiger partial charge is 0.451 e. The molecule has 0 bridgehead atoms. The van der Waals surface area contributed by atoms with E-state index in [-0.39, 0.29) is 11.4 Å². The van der Waals surface area contributed by atoms with Crippen LogP contribution in [0.25, 0.3) is 21.7 Å². The lowest BCUT2D eigenvalue weighted by Crippen LogP contribution is -2.33. The third-order valence-corrected chi connectivity index (χ3v) is 5.38. The Kier molecular flexibility index (Phi) is 6.27. The van der Waals surface area contributed by atoms with Crippen LogP contribution in [0.15, 0.2) is 59.0 Å². The molecule has 0 saturated carbocycles. The molecule has 0 fully saturated rings. The normalized spacial score (nSPS) is 11.5. The van der Waals surface area contributed by atoms with E-state index in [1.165, 1.54) is 24.3 Å². The van der Waals surface area contributed by atoms with Crippen LogP contribution >= 0.6 is 0 Å². The van der Waals surface area contributed by atoms with Gasteiger partial charge in [-0.1, -0.05) is 31.2 Å². The number of nitro benzene ring substituents is 1. The summed E-state index contributed by atoms with van der Waals surface area (Å²) in [6.45, 7) is 7.47. The first-order valence-corrected chi connectivity index (χ1v) is 11.1. The highest BCUT2D eigenvalue weighted by Gasteiger charge is 2.23. The summed E-state index contributed by atoms with van der Waals surface area (Å²) in [6.07, 6.45) is 1.21. The summed E-state index contributed by atoms with van der Waals surface area (Å²) in [4.78, 5) is 41.5. The van der Waals surface area contributed by atoms with E-state index in [0.29, 0.717) is 35.2 Å². The molecule has 1 N–H and O–H groups in total. The Bertz CT molecular complexity index is 1450. The first-order valence-electron chi connectivity index (χ1n) is 11.1. The average Bonchev–Trinajstić information content (AvgIpc) is 3.25. The molecule has 0 radical (unpaired) electrons. The van der Waals surface area contributed by atoms with Crippen LogP contribution in [-0.4, -0.2) is 22.8 Å². The maximum atomic E-state index is 13.1. The summed E-state index contributed by atoms with van der Waals surface area (Å²) in [7, 11) is 0. The summed E-state index contributed by atoms with van der Waals surface area (Å²) < 4.78 is 5.64. The van der Waals surface area contributed by atoms with E-state index in [9.17, 15) is 19.7 Å². The van der Waals surface area contributed by atoms with Gasteiger partial charge in [0.05, 0.1) is 16.2 Å². The third kappa shape index (κ3) is 4.85. The first-order chi connectivity index (χ1) is 16.6. The Morgan fingerprint density at radius 1 is 1.14 bits per heavy atom. The fourth-order valence-corrected chi connectivity index (χ4v) is 3.95. The van der Waals surface area contributed by atoms with Crippen LogP contribution in [0.1, 0.15) is 43.8 Å². The molecule has 4 rings (SSSR count). The van der Waals surface area contributed by atoms with Gasteiger partial charge in [-0.05, 0) is 56.3 Å². The van der Waals surface area contributed by atoms with E-state index in [1.54, 1.807) is 6.07 Å². The van der Waals surface area contributed by atoms with Crippen LogP contribution in [0.4, 0.5) is 17.1 Å². The molecule has 0 spiro atoms. The van der Waals surface area contributed by atoms with Crippen LogP contribution in [0.3, 0.4) is 0 Å². The molecule has 0 atom stereocenters. The summed E-state index contributed by atoms with van der Waals surface area (Å²) in [5, 5.41) is 17.2. The first kappa shape index (κ1) is 23.9. The maximum absolute atomic E-state index is 13.1. The second-order valence-electron chi connectivity index (χ2n) is 9.00. The molecular formula is C26H25N3O6. The monoisotopic (exact) mass is 475 g/mol. The highest BCUT2D eigenvalue weighted by molar-refractivity contribution is 6.09. The molecule has 1 aromatic heterocycles. The minimum atomic E-state index is -0.633. The Labute approximate surface area is 201 Å². The molecule has 1 heterocycles. The molecule has 2 amide bonds. The second kappa shape index (κ2) is 9.19. The summed E-state index contributed by atoms with van der Waals surface area (Å²) in [5.74, 6) is -0.510. The predicted molar refractivity (Wildman–Crippen MR) is 134 cm³/mol. The van der Waals surface area contributed by atoms with Gasteiger partial charge in [0.2, 0.25) is 6.41 Å². The van der Waals surface area contributed by atoms with E-state index in [0.717, 1.165) is 21.4 Å². The van der Waals surface area contributed by atoms with Crippen molar-refractivity contribution >= 4 is 51.1 Å². The van der Waals surface area contributed by atoms with E-state index in [4.69, 9.17) is 9.25 Å². The number of nitrogens with one attached hydrogen (secondary N) is 1. The minimum absolute atomic E-state index is 0.00967. The molecule has 0 aliphatic heterocycles. The number of carbonyl (C=O) groups is 2. The quantitative estimate of drug-likeness (QED) is 0.199. The van der Waals surface area contributed by atoms with Crippen LogP contribution in [0.5, 0.6) is 0 Å². The predicted octanol–water partition coefficient (Wildman–Crippen LogP) is 6.00. The number of furan rings is 1. The number of hydrogen-bond donors (Lipinski definition) is 1. The third-order valence-electron chi connectivity index (χ3n) is 5.38. The number of anilines is 2. The van der Waals surface area contributed by atoms with Crippen molar-refractivity contribution in [2.45, 2.75) is 39.7 Å². The number of rotatable bonds is 7. The lowest BCUT2D eigenvalue weighted by atomic mass is 9.98. The number of carbonyl (C=O) groups excluding carboxylic acids is 2. The summed E-state index contributed by atoms with van der Waals surface area (Å²) in [5.41, 5.74) is 1.50. The lowest BCUT2D eigenvalue weighted by Gasteiger charge is -2.28. The highest BCUT2D eigenvalue weighted by atomic mass is 16.7. The van der Waals surface area contributed by atoms with Crippen LogP contribution in [-0.2, 0) is 16.1 Å². The molecule has 4 aromatic rings. The number of hydroxylamine groups is 1. The van der Waals surface area contributed by atoms with Gasteiger partial charge in [-0.3, -0.25) is 24.5 Å². The van der Waals surface area contributed by atoms with Gasteiger partial charge < -0.3 is 9.73 Å². The number of aryl methyl sites for hydroxylation is 1. The van der Waals surface area contributed by atoms with Crippen molar-refractivity contribution in [3.05, 3.63) is 76.0 Å². The van der Waals surface area contributed by atoms with Crippen LogP contribution in [0.2, 0.25) is 0 Å². The number of hydrogen-bond acceptors (Lipinski definition) is 6. The van der Waals surface area contributed by atoms with E-state index >= 15 is 0 Å². The van der Waals surface area contributed by atoms with Crippen molar-refractivity contribution in [3.63, 3.8) is 0 Å². The van der Waals surface area contributed by atoms with Crippen molar-refractivity contribution in [1.29, 1.82) is 0 Å². The smallest absolute Gasteiger partial charge is 0.291 e. The van der Waals surface area contributed by atoms with Crippen molar-refractivity contribution in [2.75, 3.05) is 10.4 Å². The Morgan fingerprint density at radius 2 is 1.86 bits per heavy atom. The number of amides is 2. The van der Waals surface area contributed by atoms with Gasteiger partial charge in [0.15, 0.2) is 5.76 Å². The van der Waals surface area contributed by atoms with Crippen LogP contribution < -0.4 is 10.4 Å². The fraction of sp³-hybridized carbons (Fsp3) is 0.231. The molecule has 9 heteroatoms. The maximum Gasteiger partial charge on any atom is 0.291 e. The molecule has 0 unspecified atom stereocenters. The Balaban J connectivity index is 1.78. The molecule has 180 valence electrons. The van der Waals surface area contributed by atoms with Gasteiger partial charge in [0, 0.05) is 28.6 Å². The standard InChI is InChI=1S/C26H25N3O6/c1-5-18-19-8-6-7-9-20(19)22(28(15-30)35-26(2,3)4)14-21(18)27-25(31)24-13-16-12-17(29(32)33)10-11-23(16)34-24/h6-15H,5H2,1-4H3,(H,27,31). The fourth-order valence-electron chi connectivity index (χ4n) is 3.95. The van der Waals surface area contributed by atoms with Gasteiger partial charge in [0.1, 0.15) is 5.58 Å². The number of fused-ring (bicyclic) bond motifs is 2. The Hall–Kier alpha value is -4.24.